The van der Waals surface area contributed by atoms with E-state index in [2.05, 4.69) is 5.16 Å². The van der Waals surface area contributed by atoms with Crippen molar-refractivity contribution < 1.29 is 12.9 Å². The predicted octanol–water partition coefficient (Wildman–Crippen LogP) is 2.77. The van der Waals surface area contributed by atoms with Gasteiger partial charge in [-0.15, -0.1) is 0 Å². The Balaban J connectivity index is 2.29. The van der Waals surface area contributed by atoms with Crippen LogP contribution in [-0.4, -0.2) is 24.9 Å². The second-order valence-electron chi connectivity index (χ2n) is 4.62. The Kier molecular flexibility index (Phi) is 4.17. The Bertz CT molecular complexity index is 725. The molecular weight excluding hydrogens is 300 g/mol. The molecule has 5 nitrogen and oxygen atoms in total. The lowest BCUT2D eigenvalue weighted by Gasteiger charge is -2.16. The number of rotatable bonds is 4. The van der Waals surface area contributed by atoms with Crippen molar-refractivity contribution in [3.63, 3.8) is 0 Å². The normalized spacial score (nSPS) is 12.1. The summed E-state index contributed by atoms with van der Waals surface area (Å²) in [5.41, 5.74) is 1.46. The van der Waals surface area contributed by atoms with Crippen molar-refractivity contribution in [2.45, 2.75) is 25.3 Å². The van der Waals surface area contributed by atoms with Gasteiger partial charge in [0.2, 0.25) is 10.0 Å². The molecule has 0 N–H and O–H groups in total. The number of sulfonamides is 1. The summed E-state index contributed by atoms with van der Waals surface area (Å²) >= 11 is 6.03. The maximum Gasteiger partial charge on any atom is 0.244 e. The monoisotopic (exact) mass is 314 g/mol. The van der Waals surface area contributed by atoms with Gasteiger partial charge in [-0.1, -0.05) is 22.8 Å². The molecular formula is C13H15ClN2O3S. The van der Waals surface area contributed by atoms with Crippen LogP contribution in [0.15, 0.2) is 33.7 Å². The first-order valence-corrected chi connectivity index (χ1v) is 7.77. The van der Waals surface area contributed by atoms with Crippen molar-refractivity contribution in [3.05, 3.63) is 46.3 Å². The molecule has 0 radical (unpaired) electrons. The minimum absolute atomic E-state index is 0.0903. The van der Waals surface area contributed by atoms with Crippen LogP contribution >= 0.6 is 11.6 Å². The third-order valence-corrected chi connectivity index (χ3v) is 5.12. The van der Waals surface area contributed by atoms with Crippen molar-refractivity contribution in [2.24, 2.45) is 0 Å². The summed E-state index contributed by atoms with van der Waals surface area (Å²) in [7, 11) is -2.17. The molecule has 7 heteroatoms. The molecule has 0 aliphatic carbocycles. The highest BCUT2D eigenvalue weighted by molar-refractivity contribution is 7.89. The summed E-state index contributed by atoms with van der Waals surface area (Å²) in [5, 5.41) is 4.00. The summed E-state index contributed by atoms with van der Waals surface area (Å²) in [6, 6.07) is 6.55. The average molecular weight is 315 g/mol. The van der Waals surface area contributed by atoms with E-state index in [4.69, 9.17) is 16.1 Å². The summed E-state index contributed by atoms with van der Waals surface area (Å²) in [5.74, 6) is 0.638. The van der Waals surface area contributed by atoms with Gasteiger partial charge in [0.25, 0.3) is 0 Å². The van der Waals surface area contributed by atoms with Crippen molar-refractivity contribution in [1.82, 2.24) is 9.46 Å². The molecule has 2 aromatic rings. The summed E-state index contributed by atoms with van der Waals surface area (Å²) in [6.45, 7) is 3.73. The summed E-state index contributed by atoms with van der Waals surface area (Å²) in [6.07, 6.45) is 0. The maximum atomic E-state index is 12.5. The maximum absolute atomic E-state index is 12.5. The Morgan fingerprint density at radius 2 is 2.00 bits per heavy atom. The molecule has 0 fully saturated rings. The van der Waals surface area contributed by atoms with E-state index >= 15 is 0 Å². The Morgan fingerprint density at radius 1 is 1.30 bits per heavy atom. The van der Waals surface area contributed by atoms with Crippen molar-refractivity contribution in [2.75, 3.05) is 7.05 Å². The highest BCUT2D eigenvalue weighted by atomic mass is 35.5. The lowest BCUT2D eigenvalue weighted by Crippen LogP contribution is -2.26. The van der Waals surface area contributed by atoms with Crippen LogP contribution in [0.1, 0.15) is 17.0 Å². The Morgan fingerprint density at radius 3 is 2.55 bits per heavy atom. The van der Waals surface area contributed by atoms with Crippen LogP contribution in [0, 0.1) is 13.8 Å². The van der Waals surface area contributed by atoms with Gasteiger partial charge in [-0.05, 0) is 31.5 Å². The van der Waals surface area contributed by atoms with Crippen LogP contribution in [0.2, 0.25) is 5.02 Å². The van der Waals surface area contributed by atoms with E-state index < -0.39 is 10.0 Å². The lowest BCUT2D eigenvalue weighted by atomic mass is 10.2. The smallest absolute Gasteiger partial charge is 0.244 e. The molecule has 20 heavy (non-hydrogen) atoms. The molecule has 0 bridgehead atoms. The first-order valence-electron chi connectivity index (χ1n) is 5.95. The molecule has 0 saturated heterocycles. The molecule has 108 valence electrons. The fraction of sp³-hybridized carbons (Fsp3) is 0.308. The molecule has 0 aliphatic rings. The minimum Gasteiger partial charge on any atom is -0.361 e. The topological polar surface area (TPSA) is 63.4 Å². The number of benzene rings is 1. The SMILES string of the molecule is Cc1ccc(S(=O)(=O)N(C)Cc2cc(C)on2)c(Cl)c1. The molecule has 0 amide bonds. The van der Waals surface area contributed by atoms with Gasteiger partial charge in [0.15, 0.2) is 0 Å². The minimum atomic E-state index is -3.66. The third-order valence-electron chi connectivity index (χ3n) is 2.84. The fourth-order valence-electron chi connectivity index (χ4n) is 1.79. The van der Waals surface area contributed by atoms with Gasteiger partial charge < -0.3 is 4.52 Å². The molecule has 1 heterocycles. The van der Waals surface area contributed by atoms with Crippen LogP contribution in [-0.2, 0) is 16.6 Å². The van der Waals surface area contributed by atoms with E-state index in [-0.39, 0.29) is 16.5 Å². The van der Waals surface area contributed by atoms with E-state index in [1.165, 1.54) is 17.4 Å². The predicted molar refractivity (Wildman–Crippen MR) is 76.1 cm³/mol. The molecule has 2 rings (SSSR count). The van der Waals surface area contributed by atoms with Gasteiger partial charge in [0.05, 0.1) is 17.3 Å². The van der Waals surface area contributed by atoms with E-state index in [0.717, 1.165) is 5.56 Å². The number of halogens is 1. The second-order valence-corrected chi connectivity index (χ2v) is 7.04. The number of hydrogen-bond donors (Lipinski definition) is 0. The van der Waals surface area contributed by atoms with E-state index in [0.29, 0.717) is 11.5 Å². The zero-order valence-corrected chi connectivity index (χ0v) is 13.0. The van der Waals surface area contributed by atoms with Gasteiger partial charge >= 0.3 is 0 Å². The summed E-state index contributed by atoms with van der Waals surface area (Å²) < 4.78 is 31.0. The van der Waals surface area contributed by atoms with Crippen LogP contribution in [0.5, 0.6) is 0 Å². The number of aryl methyl sites for hydroxylation is 2. The van der Waals surface area contributed by atoms with Gasteiger partial charge in [-0.2, -0.15) is 4.31 Å². The average Bonchev–Trinajstić information content (AvgIpc) is 2.74. The summed E-state index contributed by atoms with van der Waals surface area (Å²) in [4.78, 5) is 0.0903. The van der Waals surface area contributed by atoms with Gasteiger partial charge in [-0.3, -0.25) is 0 Å². The third kappa shape index (κ3) is 3.03. The molecule has 0 atom stereocenters. The van der Waals surface area contributed by atoms with Crippen molar-refractivity contribution >= 4 is 21.6 Å². The highest BCUT2D eigenvalue weighted by Crippen LogP contribution is 2.25. The largest absolute Gasteiger partial charge is 0.361 e. The first-order chi connectivity index (χ1) is 9.30. The molecule has 0 unspecified atom stereocenters. The highest BCUT2D eigenvalue weighted by Gasteiger charge is 2.24. The van der Waals surface area contributed by atoms with E-state index in [1.807, 2.05) is 6.92 Å². The molecule has 1 aromatic heterocycles. The Hall–Kier alpha value is -1.37. The first kappa shape index (κ1) is 15.0. The number of nitrogens with zero attached hydrogens (tertiary/aromatic N) is 2. The van der Waals surface area contributed by atoms with Gasteiger partial charge in [0.1, 0.15) is 10.7 Å². The number of hydrogen-bond acceptors (Lipinski definition) is 4. The van der Waals surface area contributed by atoms with Gasteiger partial charge in [0, 0.05) is 13.1 Å². The Labute approximate surface area is 123 Å². The fourth-order valence-corrected chi connectivity index (χ4v) is 3.50. The van der Waals surface area contributed by atoms with Crippen LogP contribution in [0.4, 0.5) is 0 Å². The molecule has 1 aromatic carbocycles. The van der Waals surface area contributed by atoms with Crippen molar-refractivity contribution in [1.29, 1.82) is 0 Å². The second kappa shape index (κ2) is 5.55. The van der Waals surface area contributed by atoms with Crippen molar-refractivity contribution in [3.8, 4) is 0 Å². The zero-order chi connectivity index (χ0) is 14.9. The molecule has 0 aliphatic heterocycles. The van der Waals surface area contributed by atoms with Crippen LogP contribution < -0.4 is 0 Å². The van der Waals surface area contributed by atoms with Crippen LogP contribution in [0.3, 0.4) is 0 Å². The zero-order valence-electron chi connectivity index (χ0n) is 11.4. The standard InChI is InChI=1S/C13H15ClN2O3S/c1-9-4-5-13(12(14)6-9)20(17,18)16(3)8-11-7-10(2)19-15-11/h4-7H,8H2,1-3H3. The van der Waals surface area contributed by atoms with E-state index in [9.17, 15) is 8.42 Å². The molecule has 0 saturated carbocycles. The lowest BCUT2D eigenvalue weighted by molar-refractivity contribution is 0.378. The molecule has 0 spiro atoms. The van der Waals surface area contributed by atoms with Crippen LogP contribution in [0.25, 0.3) is 0 Å². The van der Waals surface area contributed by atoms with E-state index in [1.54, 1.807) is 25.1 Å². The number of aromatic nitrogens is 1. The quantitative estimate of drug-likeness (QED) is 0.870. The van der Waals surface area contributed by atoms with Gasteiger partial charge in [-0.25, -0.2) is 8.42 Å².